The topological polar surface area (TPSA) is 54.4 Å². The number of carbonyl (C=O) groups is 2. The molecule has 0 aromatic rings. The van der Waals surface area contributed by atoms with E-state index in [-0.39, 0.29) is 40.2 Å². The van der Waals surface area contributed by atoms with Crippen LogP contribution in [0.2, 0.25) is 0 Å². The van der Waals surface area contributed by atoms with Crippen molar-refractivity contribution in [2.24, 2.45) is 40.4 Å². The first-order valence-electron chi connectivity index (χ1n) is 9.61. The summed E-state index contributed by atoms with van der Waals surface area (Å²) in [6.45, 7) is 4.53. The first kappa shape index (κ1) is 17.5. The van der Waals surface area contributed by atoms with E-state index in [4.69, 9.17) is 0 Å². The number of fused-ring (bicyclic) bond motifs is 5. The van der Waals surface area contributed by atoms with Crippen LogP contribution in [-0.2, 0) is 9.59 Å². The lowest BCUT2D eigenvalue weighted by atomic mass is 9.47. The second-order valence-electron chi connectivity index (χ2n) is 9.06. The minimum absolute atomic E-state index is 0.0370. The zero-order valence-electron chi connectivity index (χ0n) is 15.1. The smallest absolute Gasteiger partial charge is 0.189 e. The number of hydrogen-bond acceptors (Lipinski definition) is 3. The molecular weight excluding hydrogens is 332 g/mol. The van der Waals surface area contributed by atoms with Gasteiger partial charge in [0.25, 0.3) is 0 Å². The highest BCUT2D eigenvalue weighted by Gasteiger charge is 2.63. The average Bonchev–Trinajstić information content (AvgIpc) is 2.88. The molecule has 0 unspecified atom stereocenters. The third-order valence-corrected chi connectivity index (χ3v) is 8.47. The van der Waals surface area contributed by atoms with E-state index in [1.807, 2.05) is 6.08 Å². The van der Waals surface area contributed by atoms with Crippen molar-refractivity contribution in [1.82, 2.24) is 0 Å². The lowest BCUT2D eigenvalue weighted by molar-refractivity contribution is -0.126. The maximum absolute atomic E-state index is 12.3. The van der Waals surface area contributed by atoms with Gasteiger partial charge in [-0.1, -0.05) is 25.5 Å². The Morgan fingerprint density at radius 1 is 1.36 bits per heavy atom. The largest absolute Gasteiger partial charge is 0.396 e. The van der Waals surface area contributed by atoms with E-state index in [9.17, 15) is 14.7 Å². The number of carbonyl (C=O) groups excluding carboxylic acids is 2. The highest BCUT2D eigenvalue weighted by molar-refractivity contribution is 7.96. The first-order valence-corrected chi connectivity index (χ1v) is 10.1. The van der Waals surface area contributed by atoms with Crippen LogP contribution in [0.3, 0.4) is 0 Å². The fourth-order valence-corrected chi connectivity index (χ4v) is 7.63. The molecule has 0 saturated heterocycles. The van der Waals surface area contributed by atoms with Gasteiger partial charge in [-0.25, -0.2) is 0 Å². The number of aliphatic hydroxyl groups is 1. The predicted molar refractivity (Wildman–Crippen MR) is 100 cm³/mol. The van der Waals surface area contributed by atoms with E-state index in [2.05, 4.69) is 32.6 Å². The van der Waals surface area contributed by atoms with E-state index >= 15 is 0 Å². The standard InChI is InChI=1S/C21H28O3S/c1-12-9-17-15-4-3-13-10-14(23)5-7-20(13,2)16(15)6-8-21(17,11-22)18(12)19(24)25/h5,7,10,12,15-18,22H,3-4,6,8-9,11H2,1-2H3,(H,24,25)/t12-,15-,16+,17+,18-,20+,21-/m1/s1. The molecule has 136 valence electrons. The Labute approximate surface area is 155 Å². The summed E-state index contributed by atoms with van der Waals surface area (Å²) in [6.07, 6.45) is 10.7. The summed E-state index contributed by atoms with van der Waals surface area (Å²) in [4.78, 5) is 24.1. The summed E-state index contributed by atoms with van der Waals surface area (Å²) in [7, 11) is 0. The zero-order chi connectivity index (χ0) is 18.0. The van der Waals surface area contributed by atoms with Crippen molar-refractivity contribution >= 4 is 23.5 Å². The van der Waals surface area contributed by atoms with Gasteiger partial charge in [-0.3, -0.25) is 9.59 Å². The quantitative estimate of drug-likeness (QED) is 0.740. The molecule has 4 aliphatic rings. The van der Waals surface area contributed by atoms with Gasteiger partial charge < -0.3 is 5.11 Å². The zero-order valence-corrected chi connectivity index (χ0v) is 16.0. The van der Waals surface area contributed by atoms with Crippen LogP contribution in [-0.4, -0.2) is 22.6 Å². The van der Waals surface area contributed by atoms with Gasteiger partial charge in [0.15, 0.2) is 10.9 Å². The molecule has 0 amide bonds. The SMILES string of the molecule is C[C@@H]1C[C@H]2[C@@H]3CCC4=CC(=O)C=C[C@]4(C)[C@H]3CC[C@]2(CO)[C@H]1C(=O)S. The summed E-state index contributed by atoms with van der Waals surface area (Å²) < 4.78 is 0. The van der Waals surface area contributed by atoms with Crippen LogP contribution in [0.15, 0.2) is 23.8 Å². The summed E-state index contributed by atoms with van der Waals surface area (Å²) in [5, 5.41) is 10.3. The molecule has 3 fully saturated rings. The molecule has 25 heavy (non-hydrogen) atoms. The normalized spacial score (nSPS) is 48.4. The Hall–Kier alpha value is -0.870. The fourth-order valence-electron chi connectivity index (χ4n) is 7.12. The molecule has 0 bridgehead atoms. The van der Waals surface area contributed by atoms with Crippen molar-refractivity contribution in [2.75, 3.05) is 6.61 Å². The van der Waals surface area contributed by atoms with Gasteiger partial charge in [-0.05, 0) is 67.9 Å². The molecule has 0 aliphatic heterocycles. The van der Waals surface area contributed by atoms with Crippen molar-refractivity contribution in [2.45, 2.75) is 46.0 Å². The number of rotatable bonds is 2. The van der Waals surface area contributed by atoms with Crippen molar-refractivity contribution in [3.8, 4) is 0 Å². The molecule has 3 nitrogen and oxygen atoms in total. The van der Waals surface area contributed by atoms with Crippen LogP contribution < -0.4 is 0 Å². The fraction of sp³-hybridized carbons (Fsp3) is 0.714. The predicted octanol–water partition coefficient (Wildman–Crippen LogP) is 3.59. The van der Waals surface area contributed by atoms with Crippen LogP contribution in [0.5, 0.6) is 0 Å². The van der Waals surface area contributed by atoms with E-state index in [1.165, 1.54) is 5.57 Å². The number of hydrogen-bond donors (Lipinski definition) is 2. The molecule has 0 heterocycles. The van der Waals surface area contributed by atoms with Crippen LogP contribution in [0.25, 0.3) is 0 Å². The van der Waals surface area contributed by atoms with Crippen LogP contribution >= 0.6 is 12.6 Å². The first-order chi connectivity index (χ1) is 11.8. The molecule has 0 aromatic carbocycles. The molecule has 0 radical (unpaired) electrons. The van der Waals surface area contributed by atoms with E-state index in [0.29, 0.717) is 17.8 Å². The minimum Gasteiger partial charge on any atom is -0.396 e. The van der Waals surface area contributed by atoms with E-state index < -0.39 is 0 Å². The molecule has 4 heteroatoms. The Morgan fingerprint density at radius 2 is 2.12 bits per heavy atom. The molecular formula is C21H28O3S. The Morgan fingerprint density at radius 3 is 2.80 bits per heavy atom. The van der Waals surface area contributed by atoms with Gasteiger partial charge in [0.2, 0.25) is 0 Å². The highest BCUT2D eigenvalue weighted by atomic mass is 32.1. The van der Waals surface area contributed by atoms with Gasteiger partial charge in [-0.15, -0.1) is 12.6 Å². The highest BCUT2D eigenvalue weighted by Crippen LogP contribution is 2.67. The van der Waals surface area contributed by atoms with Gasteiger partial charge in [0.1, 0.15) is 0 Å². The second-order valence-corrected chi connectivity index (χ2v) is 9.50. The van der Waals surface area contributed by atoms with Crippen LogP contribution in [0.4, 0.5) is 0 Å². The van der Waals surface area contributed by atoms with Gasteiger partial charge in [-0.2, -0.15) is 0 Å². The lowest BCUT2D eigenvalue weighted by Crippen LogP contribution is -2.52. The van der Waals surface area contributed by atoms with Gasteiger partial charge in [0, 0.05) is 23.4 Å². The molecule has 7 atom stereocenters. The third kappa shape index (κ3) is 2.29. The Balaban J connectivity index is 1.72. The summed E-state index contributed by atoms with van der Waals surface area (Å²) in [5.41, 5.74) is 0.960. The third-order valence-electron chi connectivity index (χ3n) is 8.19. The van der Waals surface area contributed by atoms with Gasteiger partial charge >= 0.3 is 0 Å². The number of thiol groups is 1. The number of ketones is 1. The summed E-state index contributed by atoms with van der Waals surface area (Å²) in [5.74, 6) is 1.68. The molecule has 1 N–H and O–H groups in total. The molecule has 0 aromatic heterocycles. The maximum Gasteiger partial charge on any atom is 0.189 e. The lowest BCUT2D eigenvalue weighted by Gasteiger charge is -2.57. The van der Waals surface area contributed by atoms with Crippen molar-refractivity contribution in [1.29, 1.82) is 0 Å². The number of aliphatic hydroxyl groups excluding tert-OH is 1. The van der Waals surface area contributed by atoms with Crippen LogP contribution in [0.1, 0.15) is 46.0 Å². The molecule has 4 rings (SSSR count). The maximum atomic E-state index is 12.3. The van der Waals surface area contributed by atoms with Crippen molar-refractivity contribution in [3.63, 3.8) is 0 Å². The number of allylic oxidation sites excluding steroid dienone is 4. The van der Waals surface area contributed by atoms with Crippen molar-refractivity contribution in [3.05, 3.63) is 23.8 Å². The molecule has 3 saturated carbocycles. The van der Waals surface area contributed by atoms with E-state index in [1.54, 1.807) is 6.08 Å². The van der Waals surface area contributed by atoms with Crippen molar-refractivity contribution < 1.29 is 14.7 Å². The molecule has 4 aliphatic carbocycles. The van der Waals surface area contributed by atoms with Gasteiger partial charge in [0.05, 0.1) is 0 Å². The second kappa shape index (κ2) is 5.82. The average molecular weight is 361 g/mol. The minimum atomic E-state index is -0.287. The Bertz CT molecular complexity index is 681. The summed E-state index contributed by atoms with van der Waals surface area (Å²) >= 11 is 4.19. The van der Waals surface area contributed by atoms with E-state index in [0.717, 1.165) is 32.1 Å². The molecule has 0 spiro atoms. The monoisotopic (exact) mass is 360 g/mol. The Kier molecular flexibility index (Phi) is 4.08. The van der Waals surface area contributed by atoms with Crippen LogP contribution in [0, 0.1) is 40.4 Å². The summed E-state index contributed by atoms with van der Waals surface area (Å²) in [6, 6.07) is 0.